The molecule has 22 heavy (non-hydrogen) atoms. The molecule has 0 aliphatic carbocycles. The van der Waals surface area contributed by atoms with Crippen molar-refractivity contribution in [2.45, 2.75) is 4.90 Å². The van der Waals surface area contributed by atoms with Gasteiger partial charge in [0, 0.05) is 0 Å². The van der Waals surface area contributed by atoms with Crippen LogP contribution >= 0.6 is 0 Å². The van der Waals surface area contributed by atoms with Gasteiger partial charge in [-0.25, -0.2) is 8.42 Å². The number of anilines is 2. The second-order valence-electron chi connectivity index (χ2n) is 4.71. The van der Waals surface area contributed by atoms with Crippen LogP contribution < -0.4 is 9.62 Å². The topological polar surface area (TPSA) is 90.3 Å². The van der Waals surface area contributed by atoms with Crippen LogP contribution in [0.3, 0.4) is 0 Å². The van der Waals surface area contributed by atoms with Gasteiger partial charge in [0.05, 0.1) is 27.9 Å². The molecule has 2 aromatic carbocycles. The SMILES string of the molecule is N#Cc1ccc(S(=O)(=O)N2CC(=O)Nc3ccccc32)cc1. The van der Waals surface area contributed by atoms with Crippen LogP contribution in [0, 0.1) is 11.3 Å². The van der Waals surface area contributed by atoms with Gasteiger partial charge in [-0.1, -0.05) is 12.1 Å². The van der Waals surface area contributed by atoms with Crippen molar-refractivity contribution in [3.63, 3.8) is 0 Å². The molecule has 110 valence electrons. The largest absolute Gasteiger partial charge is 0.323 e. The van der Waals surface area contributed by atoms with Gasteiger partial charge in [-0.2, -0.15) is 5.26 Å². The maximum absolute atomic E-state index is 12.8. The van der Waals surface area contributed by atoms with Gasteiger partial charge in [-0.3, -0.25) is 9.10 Å². The highest BCUT2D eigenvalue weighted by Gasteiger charge is 2.32. The highest BCUT2D eigenvalue weighted by atomic mass is 32.2. The second-order valence-corrected chi connectivity index (χ2v) is 6.58. The Bertz CT molecular complexity index is 883. The fraction of sp³-hybridized carbons (Fsp3) is 0.0667. The molecule has 0 spiro atoms. The number of nitrogens with one attached hydrogen (secondary N) is 1. The van der Waals surface area contributed by atoms with Crippen LogP contribution in [0.4, 0.5) is 11.4 Å². The number of rotatable bonds is 2. The molecule has 1 aliphatic rings. The number of carbonyl (C=O) groups is 1. The summed E-state index contributed by atoms with van der Waals surface area (Å²) in [6, 6.07) is 14.2. The predicted octanol–water partition coefficient (Wildman–Crippen LogP) is 1.71. The zero-order chi connectivity index (χ0) is 15.7. The number of benzene rings is 2. The molecule has 6 nitrogen and oxygen atoms in total. The van der Waals surface area contributed by atoms with E-state index in [9.17, 15) is 13.2 Å². The van der Waals surface area contributed by atoms with E-state index in [1.54, 1.807) is 24.3 Å². The predicted molar refractivity (Wildman–Crippen MR) is 80.8 cm³/mol. The lowest BCUT2D eigenvalue weighted by atomic mass is 10.2. The summed E-state index contributed by atoms with van der Waals surface area (Å²) in [6.45, 7) is -0.278. The van der Waals surface area contributed by atoms with Gasteiger partial charge in [0.15, 0.2) is 0 Å². The number of para-hydroxylation sites is 2. The normalized spacial score (nSPS) is 14.0. The maximum Gasteiger partial charge on any atom is 0.264 e. The fourth-order valence-electron chi connectivity index (χ4n) is 2.25. The Kier molecular flexibility index (Phi) is 3.31. The van der Waals surface area contributed by atoms with Gasteiger partial charge in [0.1, 0.15) is 6.54 Å². The molecule has 0 aromatic heterocycles. The zero-order valence-corrected chi connectivity index (χ0v) is 12.2. The summed E-state index contributed by atoms with van der Waals surface area (Å²) >= 11 is 0. The summed E-state index contributed by atoms with van der Waals surface area (Å²) in [7, 11) is -3.87. The number of nitriles is 1. The van der Waals surface area contributed by atoms with Crippen LogP contribution in [0.1, 0.15) is 5.56 Å². The van der Waals surface area contributed by atoms with Gasteiger partial charge in [0.25, 0.3) is 10.0 Å². The monoisotopic (exact) mass is 313 g/mol. The van der Waals surface area contributed by atoms with Gasteiger partial charge in [0.2, 0.25) is 5.91 Å². The standard InChI is InChI=1S/C15H11N3O3S/c16-9-11-5-7-12(8-6-11)22(20,21)18-10-15(19)17-13-3-1-2-4-14(13)18/h1-8H,10H2,(H,17,19). The second kappa shape index (κ2) is 5.16. The molecule has 0 bridgehead atoms. The Balaban J connectivity index is 2.09. The third-order valence-corrected chi connectivity index (χ3v) is 5.08. The summed E-state index contributed by atoms with van der Waals surface area (Å²) in [5.41, 5.74) is 1.25. The quantitative estimate of drug-likeness (QED) is 0.913. The minimum absolute atomic E-state index is 0.0380. The van der Waals surface area contributed by atoms with E-state index in [1.165, 1.54) is 24.3 Å². The minimum Gasteiger partial charge on any atom is -0.323 e. The summed E-state index contributed by atoms with van der Waals surface area (Å²) < 4.78 is 26.6. The van der Waals surface area contributed by atoms with Crippen LogP contribution in [0.15, 0.2) is 53.4 Å². The number of amides is 1. The third kappa shape index (κ3) is 2.29. The van der Waals surface area contributed by atoms with Crippen molar-refractivity contribution >= 4 is 27.3 Å². The molecule has 1 heterocycles. The van der Waals surface area contributed by atoms with E-state index in [1.807, 2.05) is 6.07 Å². The molecule has 0 fully saturated rings. The van der Waals surface area contributed by atoms with Crippen molar-refractivity contribution in [3.8, 4) is 6.07 Å². The lowest BCUT2D eigenvalue weighted by molar-refractivity contribution is -0.115. The lowest BCUT2D eigenvalue weighted by Gasteiger charge is -2.30. The number of hydrogen-bond acceptors (Lipinski definition) is 4. The van der Waals surface area contributed by atoms with Crippen LogP contribution in [-0.2, 0) is 14.8 Å². The van der Waals surface area contributed by atoms with Gasteiger partial charge in [-0.15, -0.1) is 0 Å². The first kappa shape index (κ1) is 14.1. The summed E-state index contributed by atoms with van der Waals surface area (Å²) in [5.74, 6) is -0.393. The Hall–Kier alpha value is -2.85. The first-order valence-electron chi connectivity index (χ1n) is 6.44. The van der Waals surface area contributed by atoms with Crippen molar-refractivity contribution in [2.24, 2.45) is 0 Å². The van der Waals surface area contributed by atoms with Crippen molar-refractivity contribution in [1.29, 1.82) is 5.26 Å². The first-order chi connectivity index (χ1) is 10.5. The van der Waals surface area contributed by atoms with Crippen LogP contribution in [0.2, 0.25) is 0 Å². The Labute approximate surface area is 127 Å². The van der Waals surface area contributed by atoms with Gasteiger partial charge < -0.3 is 5.32 Å². The highest BCUT2D eigenvalue weighted by molar-refractivity contribution is 7.92. The number of nitrogens with zero attached hydrogens (tertiary/aromatic N) is 2. The Morgan fingerprint density at radius 1 is 1.09 bits per heavy atom. The smallest absolute Gasteiger partial charge is 0.264 e. The van der Waals surface area contributed by atoms with Gasteiger partial charge >= 0.3 is 0 Å². The fourth-order valence-corrected chi connectivity index (χ4v) is 3.69. The van der Waals surface area contributed by atoms with Gasteiger partial charge in [-0.05, 0) is 36.4 Å². The first-order valence-corrected chi connectivity index (χ1v) is 7.88. The number of carbonyl (C=O) groups excluding carboxylic acids is 1. The van der Waals surface area contributed by atoms with Crippen LogP contribution in [0.5, 0.6) is 0 Å². The number of hydrogen-bond donors (Lipinski definition) is 1. The molecule has 0 radical (unpaired) electrons. The molecule has 1 aliphatic heterocycles. The molecule has 0 unspecified atom stereocenters. The summed E-state index contributed by atoms with van der Waals surface area (Å²) in [5, 5.41) is 11.4. The highest BCUT2D eigenvalue weighted by Crippen LogP contribution is 2.33. The van der Waals surface area contributed by atoms with E-state index in [2.05, 4.69) is 5.32 Å². The van der Waals surface area contributed by atoms with Crippen molar-refractivity contribution in [2.75, 3.05) is 16.2 Å². The van der Waals surface area contributed by atoms with E-state index in [0.29, 0.717) is 16.9 Å². The lowest BCUT2D eigenvalue weighted by Crippen LogP contribution is -2.42. The summed E-state index contributed by atoms with van der Waals surface area (Å²) in [4.78, 5) is 11.8. The van der Waals surface area contributed by atoms with Crippen LogP contribution in [-0.4, -0.2) is 20.9 Å². The Morgan fingerprint density at radius 3 is 2.45 bits per heavy atom. The molecule has 0 saturated heterocycles. The third-order valence-electron chi connectivity index (χ3n) is 3.31. The maximum atomic E-state index is 12.8. The average Bonchev–Trinajstić information content (AvgIpc) is 2.54. The average molecular weight is 313 g/mol. The van der Waals surface area contributed by atoms with E-state index in [4.69, 9.17) is 5.26 Å². The molecule has 0 atom stereocenters. The molecule has 7 heteroatoms. The molecule has 2 aromatic rings. The van der Waals surface area contributed by atoms with E-state index >= 15 is 0 Å². The zero-order valence-electron chi connectivity index (χ0n) is 11.4. The van der Waals surface area contributed by atoms with E-state index in [0.717, 1.165) is 4.31 Å². The molecule has 0 saturated carbocycles. The number of fused-ring (bicyclic) bond motifs is 1. The van der Waals surface area contributed by atoms with E-state index in [-0.39, 0.29) is 11.4 Å². The van der Waals surface area contributed by atoms with Crippen LogP contribution in [0.25, 0.3) is 0 Å². The van der Waals surface area contributed by atoms with Crippen molar-refractivity contribution in [1.82, 2.24) is 0 Å². The molecular weight excluding hydrogens is 302 g/mol. The summed E-state index contributed by atoms with van der Waals surface area (Å²) in [6.07, 6.45) is 0. The Morgan fingerprint density at radius 2 is 1.77 bits per heavy atom. The molecule has 3 rings (SSSR count). The van der Waals surface area contributed by atoms with Crippen molar-refractivity contribution < 1.29 is 13.2 Å². The molecular formula is C15H11N3O3S. The molecule has 1 amide bonds. The number of sulfonamides is 1. The molecule has 1 N–H and O–H groups in total. The van der Waals surface area contributed by atoms with Crippen molar-refractivity contribution in [3.05, 3.63) is 54.1 Å². The van der Waals surface area contributed by atoms with E-state index < -0.39 is 15.9 Å². The minimum atomic E-state index is -3.87.